The molecule has 34 heavy (non-hydrogen) atoms. The van der Waals surface area contributed by atoms with Crippen molar-refractivity contribution in [1.82, 2.24) is 15.3 Å². The summed E-state index contributed by atoms with van der Waals surface area (Å²) in [7, 11) is 2.75. The minimum Gasteiger partial charge on any atom is -0.480 e. The van der Waals surface area contributed by atoms with Gasteiger partial charge in [0.2, 0.25) is 5.88 Å². The van der Waals surface area contributed by atoms with E-state index in [9.17, 15) is 13.6 Å². The van der Waals surface area contributed by atoms with E-state index in [0.29, 0.717) is 16.3 Å². The van der Waals surface area contributed by atoms with Gasteiger partial charge in [-0.25, -0.2) is 9.97 Å². The number of anilines is 1. The van der Waals surface area contributed by atoms with Gasteiger partial charge in [0.25, 0.3) is 5.91 Å². The zero-order valence-electron chi connectivity index (χ0n) is 18.2. The first-order chi connectivity index (χ1) is 16.1. The molecule has 3 N–H and O–H groups in total. The lowest BCUT2D eigenvalue weighted by Gasteiger charge is -2.21. The topological polar surface area (TPSA) is 99.4 Å². The summed E-state index contributed by atoms with van der Waals surface area (Å²) in [6.45, 7) is 1.67. The van der Waals surface area contributed by atoms with Crippen LogP contribution in [0.2, 0.25) is 0 Å². The summed E-state index contributed by atoms with van der Waals surface area (Å²) < 4.78 is 37.7. The number of hydrogen-bond acceptors (Lipinski definition) is 7. The number of carbonyl (C=O) groups excluding carboxylic acids is 1. The van der Waals surface area contributed by atoms with Crippen molar-refractivity contribution in [3.05, 3.63) is 65.9 Å². The number of hydrogen-bond donors (Lipinski definition) is 2. The average Bonchev–Trinajstić information content (AvgIpc) is 3.17. The maximum absolute atomic E-state index is 13.4. The van der Waals surface area contributed by atoms with Crippen LogP contribution in [0.25, 0.3) is 21.3 Å². The molecule has 0 saturated heterocycles. The van der Waals surface area contributed by atoms with Crippen LogP contribution in [0, 0.1) is 0 Å². The number of halogens is 2. The number of nitrogens with one attached hydrogen (secondary N) is 1. The third-order valence-corrected chi connectivity index (χ3v) is 5.97. The molecule has 0 fully saturated rings. The fraction of sp³-hybridized carbons (Fsp3) is 0.174. The quantitative estimate of drug-likeness (QED) is 0.335. The van der Waals surface area contributed by atoms with Gasteiger partial charge in [-0.2, -0.15) is 8.78 Å². The predicted octanol–water partition coefficient (Wildman–Crippen LogP) is 5.24. The van der Waals surface area contributed by atoms with E-state index >= 15 is 0 Å². The molecule has 0 aliphatic heterocycles. The van der Waals surface area contributed by atoms with Gasteiger partial charge in [0, 0.05) is 17.3 Å². The third kappa shape index (κ3) is 5.24. The SMILES string of the molecule is COc1ncc(-c2ccc3nc(N)sc3c2)cc1C(=O)N[C@H](C)c1ccccc1OC(F)(F)P. The number of ether oxygens (including phenoxy) is 2. The second-order valence-corrected chi connectivity index (χ2v) is 9.15. The Labute approximate surface area is 200 Å². The van der Waals surface area contributed by atoms with Crippen molar-refractivity contribution in [2.75, 3.05) is 12.8 Å². The maximum atomic E-state index is 13.4. The Morgan fingerprint density at radius 2 is 1.97 bits per heavy atom. The van der Waals surface area contributed by atoms with Gasteiger partial charge >= 0.3 is 5.85 Å². The molecule has 0 bridgehead atoms. The molecule has 0 aliphatic rings. The van der Waals surface area contributed by atoms with Crippen molar-refractivity contribution in [1.29, 1.82) is 0 Å². The second-order valence-electron chi connectivity index (χ2n) is 7.41. The highest BCUT2D eigenvalue weighted by molar-refractivity contribution is 7.22. The van der Waals surface area contributed by atoms with Crippen molar-refractivity contribution < 1.29 is 23.0 Å². The monoisotopic (exact) mass is 502 g/mol. The van der Waals surface area contributed by atoms with Crippen LogP contribution in [0.1, 0.15) is 28.9 Å². The number of amides is 1. The molecule has 2 heterocycles. The summed E-state index contributed by atoms with van der Waals surface area (Å²) in [5.74, 6) is -3.82. The van der Waals surface area contributed by atoms with Crippen LogP contribution < -0.4 is 20.5 Å². The van der Waals surface area contributed by atoms with Crippen molar-refractivity contribution in [2.24, 2.45) is 0 Å². The summed E-state index contributed by atoms with van der Waals surface area (Å²) >= 11 is 1.37. The molecule has 176 valence electrons. The lowest BCUT2D eigenvalue weighted by atomic mass is 10.0. The number of para-hydroxylation sites is 1. The highest BCUT2D eigenvalue weighted by Crippen LogP contribution is 2.34. The molecule has 0 spiro atoms. The molecular formula is C23H21F2N4O3PS. The number of pyridine rings is 1. The van der Waals surface area contributed by atoms with Gasteiger partial charge in [0.15, 0.2) is 5.13 Å². The first kappa shape index (κ1) is 23.8. The summed E-state index contributed by atoms with van der Waals surface area (Å²) in [5.41, 5.74) is 8.70. The first-order valence-corrected chi connectivity index (χ1v) is 11.5. The molecule has 0 radical (unpaired) electrons. The number of rotatable bonds is 7. The number of methoxy groups -OCH3 is 1. The van der Waals surface area contributed by atoms with E-state index in [0.717, 1.165) is 15.8 Å². The Balaban J connectivity index is 1.63. The Morgan fingerprint density at radius 3 is 2.71 bits per heavy atom. The van der Waals surface area contributed by atoms with Crippen LogP contribution in [0.5, 0.6) is 11.6 Å². The van der Waals surface area contributed by atoms with E-state index in [2.05, 4.69) is 15.3 Å². The summed E-state index contributed by atoms with van der Waals surface area (Å²) in [6, 6.07) is 13.0. The van der Waals surface area contributed by atoms with E-state index in [1.54, 1.807) is 37.4 Å². The lowest BCUT2D eigenvalue weighted by Crippen LogP contribution is -2.28. The van der Waals surface area contributed by atoms with Gasteiger partial charge in [-0.15, -0.1) is 0 Å². The van der Waals surface area contributed by atoms with Gasteiger partial charge in [-0.3, -0.25) is 4.79 Å². The van der Waals surface area contributed by atoms with Crippen LogP contribution in [-0.2, 0) is 0 Å². The number of aromatic nitrogens is 2. The fourth-order valence-corrected chi connectivity index (χ4v) is 4.39. The Kier molecular flexibility index (Phi) is 6.63. The molecule has 1 unspecified atom stereocenters. The number of nitrogens with two attached hydrogens (primary N) is 1. The normalized spacial score (nSPS) is 12.4. The number of fused-ring (bicyclic) bond motifs is 1. The fourth-order valence-electron chi connectivity index (χ4n) is 3.49. The zero-order chi connectivity index (χ0) is 24.5. The summed E-state index contributed by atoms with van der Waals surface area (Å²) in [6.07, 6.45) is 1.61. The molecule has 7 nitrogen and oxygen atoms in total. The molecule has 0 saturated carbocycles. The van der Waals surface area contributed by atoms with Crippen LogP contribution in [0.3, 0.4) is 0 Å². The maximum Gasteiger partial charge on any atom is 0.408 e. The van der Waals surface area contributed by atoms with Gasteiger partial charge in [0.05, 0.1) is 23.4 Å². The van der Waals surface area contributed by atoms with Gasteiger partial charge in [-0.1, -0.05) is 35.6 Å². The van der Waals surface area contributed by atoms with Gasteiger partial charge < -0.3 is 20.5 Å². The van der Waals surface area contributed by atoms with E-state index in [1.807, 2.05) is 18.2 Å². The van der Waals surface area contributed by atoms with Crippen LogP contribution >= 0.6 is 20.6 Å². The molecule has 2 aromatic carbocycles. The number of alkyl halides is 2. The molecule has 1 amide bonds. The summed E-state index contributed by atoms with van der Waals surface area (Å²) in [5, 5.41) is 3.28. The van der Waals surface area contributed by atoms with E-state index in [1.165, 1.54) is 33.8 Å². The molecule has 2 aromatic heterocycles. The van der Waals surface area contributed by atoms with Gasteiger partial charge in [0.1, 0.15) is 11.3 Å². The highest BCUT2D eigenvalue weighted by Gasteiger charge is 2.26. The minimum absolute atomic E-state index is 0.0359. The standard InChI is InChI=1S/C23H21F2N4O3PS/c1-12(15-5-3-4-6-18(15)32-23(24,25)33)28-20(30)16-9-14(11-27-21(16)31-2)13-7-8-17-19(10-13)34-22(26)29-17/h3-12H,33H2,1-2H3,(H2,26,29)(H,28,30)/t12-/m1/s1. The third-order valence-electron chi connectivity index (χ3n) is 5.01. The molecule has 4 aromatic rings. The largest absolute Gasteiger partial charge is 0.480 e. The first-order valence-electron chi connectivity index (χ1n) is 10.1. The molecule has 11 heteroatoms. The Bertz CT molecular complexity index is 1360. The molecule has 0 aliphatic carbocycles. The molecule has 4 rings (SSSR count). The Morgan fingerprint density at radius 1 is 1.21 bits per heavy atom. The van der Waals surface area contributed by atoms with Crippen LogP contribution in [-0.4, -0.2) is 28.8 Å². The molecular weight excluding hydrogens is 481 g/mol. The van der Waals surface area contributed by atoms with Crippen molar-refractivity contribution in [3.8, 4) is 22.8 Å². The van der Waals surface area contributed by atoms with E-state index in [4.69, 9.17) is 15.2 Å². The number of thiazole rings is 1. The van der Waals surface area contributed by atoms with Crippen molar-refractivity contribution >= 4 is 41.8 Å². The number of nitrogens with zero attached hydrogens (tertiary/aromatic N) is 2. The highest BCUT2D eigenvalue weighted by atomic mass is 32.1. The summed E-state index contributed by atoms with van der Waals surface area (Å²) in [4.78, 5) is 21.7. The smallest absolute Gasteiger partial charge is 0.408 e. The predicted molar refractivity (Wildman–Crippen MR) is 131 cm³/mol. The van der Waals surface area contributed by atoms with Crippen LogP contribution in [0.4, 0.5) is 13.9 Å². The second kappa shape index (κ2) is 9.48. The van der Waals surface area contributed by atoms with E-state index in [-0.39, 0.29) is 17.2 Å². The number of carbonyl (C=O) groups is 1. The Hall–Kier alpha value is -3.36. The average molecular weight is 502 g/mol. The van der Waals surface area contributed by atoms with Crippen molar-refractivity contribution in [3.63, 3.8) is 0 Å². The van der Waals surface area contributed by atoms with E-state index < -0.39 is 17.8 Å². The number of benzene rings is 2. The van der Waals surface area contributed by atoms with Crippen molar-refractivity contribution in [2.45, 2.75) is 18.8 Å². The minimum atomic E-state index is -3.44. The lowest BCUT2D eigenvalue weighted by molar-refractivity contribution is -0.0899. The van der Waals surface area contributed by atoms with Crippen LogP contribution in [0.15, 0.2) is 54.7 Å². The number of nitrogen functional groups attached to an aromatic ring is 1. The zero-order valence-corrected chi connectivity index (χ0v) is 20.2. The molecule has 2 atom stereocenters. The van der Waals surface area contributed by atoms with Gasteiger partial charge in [-0.05, 0) is 46.0 Å².